The van der Waals surface area contributed by atoms with Gasteiger partial charge in [-0.3, -0.25) is 9.59 Å². The lowest BCUT2D eigenvalue weighted by molar-refractivity contribution is -0.135. The molecular weight excluding hydrogens is 488 g/mol. The van der Waals surface area contributed by atoms with E-state index < -0.39 is 0 Å². The van der Waals surface area contributed by atoms with Crippen LogP contribution in [0, 0.1) is 0 Å². The molecule has 0 radical (unpaired) electrons. The van der Waals surface area contributed by atoms with E-state index in [1.54, 1.807) is 35.5 Å². The Morgan fingerprint density at radius 2 is 1.95 bits per heavy atom. The Hall–Kier alpha value is -3.36. The molecule has 2 aliphatic heterocycles. The van der Waals surface area contributed by atoms with Crippen LogP contribution in [0.4, 0.5) is 0 Å². The number of ether oxygens (including phenoxy) is 3. The van der Waals surface area contributed by atoms with E-state index in [4.69, 9.17) is 14.2 Å². The summed E-state index contributed by atoms with van der Waals surface area (Å²) in [6.45, 7) is 2.01. The van der Waals surface area contributed by atoms with Crippen molar-refractivity contribution in [3.63, 3.8) is 0 Å². The molecule has 0 bridgehead atoms. The van der Waals surface area contributed by atoms with Crippen molar-refractivity contribution in [3.05, 3.63) is 82.0 Å². The van der Waals surface area contributed by atoms with Crippen LogP contribution in [0.15, 0.2) is 66.0 Å². The third-order valence-electron chi connectivity index (χ3n) is 6.95. The maximum atomic E-state index is 13.8. The number of hydrogen-bond donors (Lipinski definition) is 0. The molecule has 2 amide bonds. The summed E-state index contributed by atoms with van der Waals surface area (Å²) in [5.74, 6) is 1.17. The highest BCUT2D eigenvalue weighted by Gasteiger charge is 2.34. The SMILES string of the molecule is COc1cccc(OC[C@@H]2c3ccsc3CCN2C(=O)CN(C[C@H]2CCCO2)C(=O)c2ccccc2)c1. The summed E-state index contributed by atoms with van der Waals surface area (Å²) >= 11 is 1.71. The van der Waals surface area contributed by atoms with Gasteiger partial charge in [0.15, 0.2) is 0 Å². The van der Waals surface area contributed by atoms with Crippen LogP contribution in [0.5, 0.6) is 11.5 Å². The Morgan fingerprint density at radius 3 is 2.73 bits per heavy atom. The van der Waals surface area contributed by atoms with Crippen LogP contribution in [0.3, 0.4) is 0 Å². The van der Waals surface area contributed by atoms with Gasteiger partial charge in [-0.2, -0.15) is 0 Å². The van der Waals surface area contributed by atoms with Crippen molar-refractivity contribution in [2.24, 2.45) is 0 Å². The Balaban J connectivity index is 1.34. The van der Waals surface area contributed by atoms with Crippen molar-refractivity contribution in [3.8, 4) is 11.5 Å². The maximum Gasteiger partial charge on any atom is 0.254 e. The molecular formula is C29H32N2O5S. The molecule has 0 aliphatic carbocycles. The zero-order valence-electron chi connectivity index (χ0n) is 21.0. The van der Waals surface area contributed by atoms with Crippen molar-refractivity contribution in [2.75, 3.05) is 40.0 Å². The summed E-state index contributed by atoms with van der Waals surface area (Å²) in [4.78, 5) is 32.0. The predicted molar refractivity (Wildman–Crippen MR) is 142 cm³/mol. The Morgan fingerprint density at radius 1 is 1.11 bits per heavy atom. The highest BCUT2D eigenvalue weighted by atomic mass is 32.1. The Bertz CT molecular complexity index is 1210. The van der Waals surface area contributed by atoms with Crippen LogP contribution in [-0.2, 0) is 16.0 Å². The normalized spacial score (nSPS) is 18.8. The molecule has 0 N–H and O–H groups in total. The molecule has 37 heavy (non-hydrogen) atoms. The highest BCUT2D eigenvalue weighted by Crippen LogP contribution is 2.34. The molecule has 7 nitrogen and oxygen atoms in total. The molecule has 2 atom stereocenters. The van der Waals surface area contributed by atoms with Crippen molar-refractivity contribution < 1.29 is 23.8 Å². The lowest BCUT2D eigenvalue weighted by Crippen LogP contribution is -2.49. The number of fused-ring (bicyclic) bond motifs is 1. The first-order chi connectivity index (χ1) is 18.1. The van der Waals surface area contributed by atoms with Crippen LogP contribution in [0.1, 0.15) is 39.7 Å². The highest BCUT2D eigenvalue weighted by molar-refractivity contribution is 7.10. The molecule has 0 spiro atoms. The minimum Gasteiger partial charge on any atom is -0.497 e. The first-order valence-electron chi connectivity index (χ1n) is 12.7. The molecule has 194 valence electrons. The number of benzene rings is 2. The van der Waals surface area contributed by atoms with Gasteiger partial charge in [0.2, 0.25) is 5.91 Å². The lowest BCUT2D eigenvalue weighted by atomic mass is 10.00. The van der Waals surface area contributed by atoms with Crippen molar-refractivity contribution in [1.82, 2.24) is 9.80 Å². The summed E-state index contributed by atoms with van der Waals surface area (Å²) in [6, 6.07) is 18.5. The van der Waals surface area contributed by atoms with E-state index in [1.807, 2.05) is 47.4 Å². The molecule has 0 unspecified atom stereocenters. The number of rotatable bonds is 9. The van der Waals surface area contributed by atoms with Crippen LogP contribution < -0.4 is 9.47 Å². The van der Waals surface area contributed by atoms with E-state index in [9.17, 15) is 9.59 Å². The molecule has 5 rings (SSSR count). The summed E-state index contributed by atoms with van der Waals surface area (Å²) in [5.41, 5.74) is 1.69. The number of amides is 2. The zero-order valence-corrected chi connectivity index (χ0v) is 21.8. The van der Waals surface area contributed by atoms with Crippen molar-refractivity contribution in [1.29, 1.82) is 0 Å². The molecule has 1 aromatic heterocycles. The molecule has 3 aromatic rings. The summed E-state index contributed by atoms with van der Waals surface area (Å²) in [5, 5.41) is 2.07. The topological polar surface area (TPSA) is 68.3 Å². The molecule has 2 aliphatic rings. The summed E-state index contributed by atoms with van der Waals surface area (Å²) in [7, 11) is 1.62. The predicted octanol–water partition coefficient (Wildman–Crippen LogP) is 4.58. The van der Waals surface area contributed by atoms with Gasteiger partial charge >= 0.3 is 0 Å². The smallest absolute Gasteiger partial charge is 0.254 e. The molecule has 1 saturated heterocycles. The van der Waals surface area contributed by atoms with Gasteiger partial charge < -0.3 is 24.0 Å². The fourth-order valence-electron chi connectivity index (χ4n) is 5.01. The number of methoxy groups -OCH3 is 1. The molecule has 3 heterocycles. The fourth-order valence-corrected chi connectivity index (χ4v) is 5.94. The monoisotopic (exact) mass is 520 g/mol. The molecule has 0 saturated carbocycles. The summed E-state index contributed by atoms with van der Waals surface area (Å²) < 4.78 is 17.3. The van der Waals surface area contributed by atoms with Crippen LogP contribution in [0.2, 0.25) is 0 Å². The minimum atomic E-state index is -0.231. The van der Waals surface area contributed by atoms with Crippen LogP contribution >= 0.6 is 11.3 Å². The number of carbonyl (C=O) groups is 2. The van der Waals surface area contributed by atoms with Crippen LogP contribution in [-0.4, -0.2) is 67.7 Å². The van der Waals surface area contributed by atoms with E-state index in [2.05, 4.69) is 11.4 Å². The first kappa shape index (κ1) is 25.3. The van der Waals surface area contributed by atoms with Crippen molar-refractivity contribution >= 4 is 23.2 Å². The van der Waals surface area contributed by atoms with Crippen LogP contribution in [0.25, 0.3) is 0 Å². The standard InChI is InChI=1S/C29H32N2O5S/c1-34-22-9-5-10-23(17-22)36-20-26-25-13-16-37-27(25)12-14-31(26)28(32)19-30(18-24-11-6-15-35-24)29(33)21-7-3-2-4-8-21/h2-5,7-10,13,16-17,24,26H,6,11-12,14-15,18-20H2,1H3/t24-,26-/m1/s1. The molecule has 2 aromatic carbocycles. The second-order valence-corrected chi connectivity index (χ2v) is 10.3. The van der Waals surface area contributed by atoms with Gasteiger partial charge in [0.05, 0.1) is 19.3 Å². The van der Waals surface area contributed by atoms with E-state index in [0.29, 0.717) is 37.6 Å². The van der Waals surface area contributed by atoms with E-state index in [0.717, 1.165) is 30.6 Å². The van der Waals surface area contributed by atoms with Gasteiger partial charge in [-0.1, -0.05) is 24.3 Å². The quantitative estimate of drug-likeness (QED) is 0.413. The number of nitrogens with zero attached hydrogens (tertiary/aromatic N) is 2. The minimum absolute atomic E-state index is 0.00270. The first-order valence-corrected chi connectivity index (χ1v) is 13.6. The maximum absolute atomic E-state index is 13.8. The summed E-state index contributed by atoms with van der Waals surface area (Å²) in [6.07, 6.45) is 2.62. The Labute approximate surface area is 221 Å². The lowest BCUT2D eigenvalue weighted by Gasteiger charge is -2.37. The number of hydrogen-bond acceptors (Lipinski definition) is 6. The second-order valence-electron chi connectivity index (χ2n) is 9.33. The zero-order chi connectivity index (χ0) is 25.6. The largest absolute Gasteiger partial charge is 0.497 e. The van der Waals surface area contributed by atoms with Gasteiger partial charge in [-0.25, -0.2) is 0 Å². The van der Waals surface area contributed by atoms with E-state index >= 15 is 0 Å². The molecule has 8 heteroatoms. The van der Waals surface area contributed by atoms with Gasteiger partial charge in [-0.05, 0) is 60.5 Å². The van der Waals surface area contributed by atoms with Gasteiger partial charge in [-0.15, -0.1) is 11.3 Å². The number of thiophene rings is 1. The van der Waals surface area contributed by atoms with Gasteiger partial charge in [0, 0.05) is 36.2 Å². The number of carbonyl (C=O) groups excluding carboxylic acids is 2. The van der Waals surface area contributed by atoms with Gasteiger partial charge in [0.1, 0.15) is 24.7 Å². The third kappa shape index (κ3) is 5.97. The second kappa shape index (κ2) is 11.8. The van der Waals surface area contributed by atoms with Gasteiger partial charge in [0.25, 0.3) is 5.91 Å². The molecule has 1 fully saturated rings. The van der Waals surface area contributed by atoms with E-state index in [-0.39, 0.29) is 30.5 Å². The fraction of sp³-hybridized carbons (Fsp3) is 0.379. The third-order valence-corrected chi connectivity index (χ3v) is 7.94. The average Bonchev–Trinajstić information content (AvgIpc) is 3.64. The average molecular weight is 521 g/mol. The van der Waals surface area contributed by atoms with Crippen molar-refractivity contribution in [2.45, 2.75) is 31.4 Å². The Kier molecular flexibility index (Phi) is 8.06. The van der Waals surface area contributed by atoms with E-state index in [1.165, 1.54) is 4.88 Å².